The third-order valence-corrected chi connectivity index (χ3v) is 5.49. The van der Waals surface area contributed by atoms with Gasteiger partial charge in [0.2, 0.25) is 11.7 Å². The highest BCUT2D eigenvalue weighted by atomic mass is 16.5. The Morgan fingerprint density at radius 2 is 2.12 bits per heavy atom. The van der Waals surface area contributed by atoms with Crippen molar-refractivity contribution in [2.75, 3.05) is 11.4 Å². The Bertz CT molecular complexity index is 987. The van der Waals surface area contributed by atoms with Crippen molar-refractivity contribution in [1.29, 1.82) is 0 Å². The van der Waals surface area contributed by atoms with Crippen molar-refractivity contribution in [1.82, 2.24) is 19.7 Å². The van der Waals surface area contributed by atoms with Crippen molar-refractivity contribution in [2.45, 2.75) is 37.6 Å². The van der Waals surface area contributed by atoms with Gasteiger partial charge in [0.1, 0.15) is 23.5 Å². The molecule has 6 rings (SSSR count). The Hall–Kier alpha value is -2.83. The van der Waals surface area contributed by atoms with Crippen molar-refractivity contribution in [3.05, 3.63) is 36.1 Å². The predicted molar refractivity (Wildman–Crippen MR) is 89.8 cm³/mol. The number of para-hydroxylation sites is 1. The molecule has 126 valence electrons. The maximum absolute atomic E-state index is 10.4. The second-order valence-corrected chi connectivity index (χ2v) is 7.08. The Balaban J connectivity index is 1.56. The highest BCUT2D eigenvalue weighted by Crippen LogP contribution is 2.50. The SMILES string of the molecule is Oc1cccc2c1N1CCC[C@@H]1c1c(-c3noc(C4CC4)n3)ncn1-2. The number of imidazole rings is 1. The van der Waals surface area contributed by atoms with Gasteiger partial charge in [0, 0.05) is 12.5 Å². The van der Waals surface area contributed by atoms with E-state index in [-0.39, 0.29) is 6.04 Å². The summed E-state index contributed by atoms with van der Waals surface area (Å²) in [6.45, 7) is 0.930. The van der Waals surface area contributed by atoms with Gasteiger partial charge in [-0.2, -0.15) is 4.98 Å². The van der Waals surface area contributed by atoms with E-state index in [0.29, 0.717) is 17.5 Å². The average Bonchev–Trinajstić information content (AvgIpc) is 3.03. The molecule has 0 spiro atoms. The number of aromatic nitrogens is 4. The van der Waals surface area contributed by atoms with Crippen molar-refractivity contribution < 1.29 is 9.63 Å². The molecule has 1 aromatic carbocycles. The molecule has 0 amide bonds. The molecule has 7 heteroatoms. The molecule has 1 saturated carbocycles. The number of hydrogen-bond acceptors (Lipinski definition) is 6. The monoisotopic (exact) mass is 335 g/mol. The van der Waals surface area contributed by atoms with Crippen LogP contribution in [0.15, 0.2) is 29.0 Å². The largest absolute Gasteiger partial charge is 0.506 e. The van der Waals surface area contributed by atoms with Crippen LogP contribution in [0.5, 0.6) is 5.75 Å². The molecule has 1 atom stereocenters. The topological polar surface area (TPSA) is 80.2 Å². The van der Waals surface area contributed by atoms with Gasteiger partial charge in [0.05, 0.1) is 17.4 Å². The number of rotatable bonds is 2. The first-order chi connectivity index (χ1) is 12.3. The fourth-order valence-corrected chi connectivity index (χ4v) is 4.19. The predicted octanol–water partition coefficient (Wildman–Crippen LogP) is 3.16. The summed E-state index contributed by atoms with van der Waals surface area (Å²) in [6, 6.07) is 5.82. The summed E-state index contributed by atoms with van der Waals surface area (Å²) in [4.78, 5) is 11.5. The minimum atomic E-state index is 0.182. The van der Waals surface area contributed by atoms with Gasteiger partial charge in [-0.3, -0.25) is 4.57 Å². The summed E-state index contributed by atoms with van der Waals surface area (Å²) >= 11 is 0. The van der Waals surface area contributed by atoms with Gasteiger partial charge in [0.25, 0.3) is 0 Å². The summed E-state index contributed by atoms with van der Waals surface area (Å²) in [5, 5.41) is 14.6. The number of anilines is 1. The Morgan fingerprint density at radius 1 is 1.20 bits per heavy atom. The second-order valence-electron chi connectivity index (χ2n) is 7.08. The zero-order valence-corrected chi connectivity index (χ0v) is 13.6. The van der Waals surface area contributed by atoms with Crippen molar-refractivity contribution in [3.8, 4) is 23.0 Å². The van der Waals surface area contributed by atoms with Gasteiger partial charge in [-0.1, -0.05) is 11.2 Å². The molecule has 0 unspecified atom stereocenters. The zero-order chi connectivity index (χ0) is 16.5. The molecule has 2 fully saturated rings. The van der Waals surface area contributed by atoms with Gasteiger partial charge >= 0.3 is 0 Å². The molecular formula is C18H17N5O2. The fourth-order valence-electron chi connectivity index (χ4n) is 4.19. The number of nitrogens with zero attached hydrogens (tertiary/aromatic N) is 5. The minimum absolute atomic E-state index is 0.182. The van der Waals surface area contributed by atoms with Crippen LogP contribution in [0.4, 0.5) is 5.69 Å². The molecule has 25 heavy (non-hydrogen) atoms. The van der Waals surface area contributed by atoms with Crippen molar-refractivity contribution in [3.63, 3.8) is 0 Å². The van der Waals surface area contributed by atoms with Crippen LogP contribution in [-0.4, -0.2) is 31.3 Å². The second kappa shape index (κ2) is 4.62. The third-order valence-electron chi connectivity index (χ3n) is 5.49. The molecule has 1 aliphatic carbocycles. The molecule has 2 aromatic heterocycles. The van der Waals surface area contributed by atoms with Gasteiger partial charge in [0.15, 0.2) is 0 Å². The summed E-state index contributed by atoms with van der Waals surface area (Å²) in [6.07, 6.45) is 6.19. The van der Waals surface area contributed by atoms with E-state index >= 15 is 0 Å². The normalized spacial score (nSPS) is 21.1. The van der Waals surface area contributed by atoms with Crippen molar-refractivity contribution in [2.24, 2.45) is 0 Å². The molecule has 0 bridgehead atoms. The lowest BCUT2D eigenvalue weighted by molar-refractivity contribution is 0.380. The number of fused-ring (bicyclic) bond motifs is 6. The van der Waals surface area contributed by atoms with Gasteiger partial charge in [-0.25, -0.2) is 4.98 Å². The molecule has 0 radical (unpaired) electrons. The third kappa shape index (κ3) is 1.78. The summed E-state index contributed by atoms with van der Waals surface area (Å²) < 4.78 is 7.51. The first kappa shape index (κ1) is 13.5. The number of benzene rings is 1. The molecule has 3 aliphatic rings. The summed E-state index contributed by atoms with van der Waals surface area (Å²) in [7, 11) is 0. The molecule has 3 aromatic rings. The van der Waals surface area contributed by atoms with E-state index < -0.39 is 0 Å². The maximum Gasteiger partial charge on any atom is 0.230 e. The van der Waals surface area contributed by atoms with Crippen LogP contribution >= 0.6 is 0 Å². The molecule has 4 heterocycles. The van der Waals surface area contributed by atoms with E-state index in [1.807, 2.05) is 18.5 Å². The van der Waals surface area contributed by atoms with Gasteiger partial charge < -0.3 is 14.5 Å². The number of hydrogen-bond donors (Lipinski definition) is 1. The lowest BCUT2D eigenvalue weighted by atomic mass is 10.0. The highest BCUT2D eigenvalue weighted by Gasteiger charge is 2.40. The van der Waals surface area contributed by atoms with Gasteiger partial charge in [-0.05, 0) is 37.8 Å². The zero-order valence-electron chi connectivity index (χ0n) is 13.6. The number of phenolic OH excluding ortho intramolecular Hbond substituents is 1. The van der Waals surface area contributed by atoms with Crippen LogP contribution < -0.4 is 4.90 Å². The van der Waals surface area contributed by atoms with Crippen LogP contribution in [-0.2, 0) is 0 Å². The Labute approximate surface area is 143 Å². The molecule has 1 saturated heterocycles. The average molecular weight is 335 g/mol. The first-order valence-corrected chi connectivity index (χ1v) is 8.81. The Kier molecular flexibility index (Phi) is 2.49. The van der Waals surface area contributed by atoms with Crippen LogP contribution in [0.25, 0.3) is 17.2 Å². The lowest BCUT2D eigenvalue weighted by Gasteiger charge is -2.35. The van der Waals surface area contributed by atoms with E-state index in [2.05, 4.69) is 24.6 Å². The minimum Gasteiger partial charge on any atom is -0.506 e. The molecule has 2 aliphatic heterocycles. The standard InChI is InChI=1S/C18H17N5O2/c24-13-5-1-3-11-15(13)22-8-2-4-12(22)16-14(19-9-23(11)16)17-20-18(25-21-17)10-6-7-10/h1,3,5,9-10,12,24H,2,4,6-8H2/t12-/m1/s1. The van der Waals surface area contributed by atoms with E-state index in [9.17, 15) is 5.11 Å². The van der Waals surface area contributed by atoms with Crippen LogP contribution in [0.1, 0.15) is 49.2 Å². The maximum atomic E-state index is 10.4. The smallest absolute Gasteiger partial charge is 0.230 e. The van der Waals surface area contributed by atoms with Crippen LogP contribution in [0.2, 0.25) is 0 Å². The van der Waals surface area contributed by atoms with Crippen molar-refractivity contribution >= 4 is 5.69 Å². The van der Waals surface area contributed by atoms with E-state index in [1.54, 1.807) is 6.07 Å². The van der Waals surface area contributed by atoms with Crippen LogP contribution in [0.3, 0.4) is 0 Å². The van der Waals surface area contributed by atoms with E-state index in [4.69, 9.17) is 4.52 Å². The molecule has 7 nitrogen and oxygen atoms in total. The van der Waals surface area contributed by atoms with E-state index in [0.717, 1.165) is 60.9 Å². The highest BCUT2D eigenvalue weighted by molar-refractivity contribution is 5.76. The van der Waals surface area contributed by atoms with Crippen LogP contribution in [0, 0.1) is 0 Å². The Morgan fingerprint density at radius 3 is 3.00 bits per heavy atom. The number of phenols is 1. The van der Waals surface area contributed by atoms with E-state index in [1.165, 1.54) is 0 Å². The lowest BCUT2D eigenvalue weighted by Crippen LogP contribution is -2.30. The van der Waals surface area contributed by atoms with Gasteiger partial charge in [-0.15, -0.1) is 0 Å². The summed E-state index contributed by atoms with van der Waals surface area (Å²) in [5.41, 5.74) is 3.74. The number of aromatic hydroxyl groups is 1. The summed E-state index contributed by atoms with van der Waals surface area (Å²) in [5.74, 6) is 2.06. The quantitative estimate of drug-likeness (QED) is 0.775. The molecular weight excluding hydrogens is 318 g/mol. The molecule has 1 N–H and O–H groups in total. The first-order valence-electron chi connectivity index (χ1n) is 8.81. The fraction of sp³-hybridized carbons (Fsp3) is 0.389.